The normalized spacial score (nSPS) is 10.8. The second-order valence-corrected chi connectivity index (χ2v) is 8.38. The van der Waals surface area contributed by atoms with E-state index in [4.69, 9.17) is 9.47 Å². The van der Waals surface area contributed by atoms with Gasteiger partial charge in [0, 0.05) is 22.1 Å². The number of carbonyl (C=O) groups is 2. The Kier molecular flexibility index (Phi) is 8.22. The molecule has 2 aromatic carbocycles. The molecule has 0 atom stereocenters. The van der Waals surface area contributed by atoms with Crippen LogP contribution in [0.2, 0.25) is 0 Å². The average molecular weight is 450 g/mol. The molecule has 1 aromatic heterocycles. The lowest BCUT2D eigenvalue weighted by Gasteiger charge is -2.08. The summed E-state index contributed by atoms with van der Waals surface area (Å²) in [7, 11) is 1.34. The molecule has 1 N–H and O–H groups in total. The van der Waals surface area contributed by atoms with Gasteiger partial charge in [-0.05, 0) is 31.1 Å². The lowest BCUT2D eigenvalue weighted by molar-refractivity contribution is -0.111. The highest BCUT2D eigenvalue weighted by Crippen LogP contribution is 2.40. The Morgan fingerprint density at radius 3 is 2.50 bits per heavy atom. The van der Waals surface area contributed by atoms with Crippen LogP contribution >= 0.6 is 11.3 Å². The smallest absolute Gasteiger partial charge is 0.341 e. The highest BCUT2D eigenvalue weighted by Gasteiger charge is 2.24. The molecule has 0 saturated carbocycles. The summed E-state index contributed by atoms with van der Waals surface area (Å²) in [5.74, 6) is -0.0832. The number of aryl methyl sites for hydroxylation is 1. The molecule has 0 spiro atoms. The van der Waals surface area contributed by atoms with Crippen molar-refractivity contribution in [2.24, 2.45) is 0 Å². The molecule has 0 bridgehead atoms. The van der Waals surface area contributed by atoms with Crippen LogP contribution < -0.4 is 10.1 Å². The molecule has 3 aromatic rings. The average Bonchev–Trinajstić information content (AvgIpc) is 3.14. The number of thiophene rings is 1. The third-order valence-electron chi connectivity index (χ3n) is 4.86. The molecular formula is C26H27NO4S. The molecule has 0 aliphatic carbocycles. The number of amides is 1. The SMILES string of the molecule is CCCCOc1ccccc1C=CC(=O)Nc1sc(C)c(-c2ccccc2)c1C(=O)OC. The number of para-hydroxylation sites is 1. The zero-order valence-electron chi connectivity index (χ0n) is 18.5. The van der Waals surface area contributed by atoms with Crippen molar-refractivity contribution < 1.29 is 19.1 Å². The van der Waals surface area contributed by atoms with E-state index in [2.05, 4.69) is 12.2 Å². The number of anilines is 1. The molecule has 0 saturated heterocycles. The van der Waals surface area contributed by atoms with Crippen LogP contribution in [0.25, 0.3) is 17.2 Å². The molecule has 0 unspecified atom stereocenters. The van der Waals surface area contributed by atoms with Crippen molar-refractivity contribution in [3.8, 4) is 16.9 Å². The third kappa shape index (κ3) is 5.65. The Hall–Kier alpha value is -3.38. The van der Waals surface area contributed by atoms with Crippen molar-refractivity contribution in [2.75, 3.05) is 19.0 Å². The van der Waals surface area contributed by atoms with E-state index in [1.54, 1.807) is 6.08 Å². The summed E-state index contributed by atoms with van der Waals surface area (Å²) in [4.78, 5) is 26.2. The Labute approximate surface area is 192 Å². The van der Waals surface area contributed by atoms with Crippen LogP contribution in [0.1, 0.15) is 40.6 Å². The van der Waals surface area contributed by atoms with E-state index in [0.29, 0.717) is 17.2 Å². The number of ether oxygens (including phenoxy) is 2. The van der Waals surface area contributed by atoms with Gasteiger partial charge in [-0.15, -0.1) is 11.3 Å². The maximum Gasteiger partial charge on any atom is 0.341 e. The molecule has 3 rings (SSSR count). The fourth-order valence-electron chi connectivity index (χ4n) is 3.28. The van der Waals surface area contributed by atoms with Gasteiger partial charge in [0.05, 0.1) is 13.7 Å². The van der Waals surface area contributed by atoms with Gasteiger partial charge < -0.3 is 14.8 Å². The van der Waals surface area contributed by atoms with E-state index < -0.39 is 5.97 Å². The molecule has 5 nitrogen and oxygen atoms in total. The third-order valence-corrected chi connectivity index (χ3v) is 5.88. The van der Waals surface area contributed by atoms with Crippen LogP contribution in [-0.2, 0) is 9.53 Å². The Balaban J connectivity index is 1.84. The van der Waals surface area contributed by atoms with Gasteiger partial charge in [-0.25, -0.2) is 4.79 Å². The van der Waals surface area contributed by atoms with Gasteiger partial charge in [0.25, 0.3) is 0 Å². The van der Waals surface area contributed by atoms with Crippen LogP contribution in [0.15, 0.2) is 60.7 Å². The second-order valence-electron chi connectivity index (χ2n) is 7.16. The lowest BCUT2D eigenvalue weighted by atomic mass is 10.0. The summed E-state index contributed by atoms with van der Waals surface area (Å²) in [6, 6.07) is 17.2. The van der Waals surface area contributed by atoms with Crippen LogP contribution in [0.3, 0.4) is 0 Å². The molecule has 0 fully saturated rings. The molecule has 32 heavy (non-hydrogen) atoms. The van der Waals surface area contributed by atoms with Gasteiger partial charge in [-0.1, -0.05) is 61.9 Å². The van der Waals surface area contributed by atoms with Gasteiger partial charge in [0.1, 0.15) is 16.3 Å². The lowest BCUT2D eigenvalue weighted by Crippen LogP contribution is -2.11. The first-order chi connectivity index (χ1) is 15.5. The van der Waals surface area contributed by atoms with Crippen molar-refractivity contribution in [3.63, 3.8) is 0 Å². The molecule has 1 heterocycles. The van der Waals surface area contributed by atoms with Crippen molar-refractivity contribution in [2.45, 2.75) is 26.7 Å². The largest absolute Gasteiger partial charge is 0.493 e. The minimum absolute atomic E-state index is 0.334. The number of rotatable bonds is 9. The van der Waals surface area contributed by atoms with Gasteiger partial charge >= 0.3 is 5.97 Å². The topological polar surface area (TPSA) is 64.6 Å². The van der Waals surface area contributed by atoms with E-state index in [1.807, 2.05) is 61.5 Å². The summed E-state index contributed by atoms with van der Waals surface area (Å²) in [5, 5.41) is 3.32. The highest BCUT2D eigenvalue weighted by molar-refractivity contribution is 7.17. The van der Waals surface area contributed by atoms with E-state index in [9.17, 15) is 9.59 Å². The van der Waals surface area contributed by atoms with Gasteiger partial charge in [0.15, 0.2) is 0 Å². The summed E-state index contributed by atoms with van der Waals surface area (Å²) in [6.07, 6.45) is 5.18. The number of hydrogen-bond donors (Lipinski definition) is 1. The number of unbranched alkanes of at least 4 members (excludes halogenated alkanes) is 1. The minimum atomic E-state index is -0.484. The van der Waals surface area contributed by atoms with Gasteiger partial charge in [-0.2, -0.15) is 0 Å². The monoisotopic (exact) mass is 449 g/mol. The number of nitrogens with one attached hydrogen (secondary N) is 1. The number of benzene rings is 2. The zero-order valence-corrected chi connectivity index (χ0v) is 19.3. The Morgan fingerprint density at radius 2 is 1.78 bits per heavy atom. The standard InChI is InChI=1S/C26H27NO4S/c1-4-5-17-31-21-14-10-9-11-19(21)15-16-22(28)27-25-24(26(29)30-3)23(18(2)32-25)20-12-7-6-8-13-20/h6-16H,4-5,17H2,1-3H3,(H,27,28). The zero-order chi connectivity index (χ0) is 22.9. The van der Waals surface area contributed by atoms with Crippen molar-refractivity contribution in [1.82, 2.24) is 0 Å². The van der Waals surface area contributed by atoms with Crippen molar-refractivity contribution >= 4 is 34.3 Å². The molecular weight excluding hydrogens is 422 g/mol. The van der Waals surface area contributed by atoms with E-state index >= 15 is 0 Å². The first-order valence-electron chi connectivity index (χ1n) is 10.5. The fraction of sp³-hybridized carbons (Fsp3) is 0.231. The minimum Gasteiger partial charge on any atom is -0.493 e. The van der Waals surface area contributed by atoms with Crippen LogP contribution in [0.5, 0.6) is 5.75 Å². The Bertz CT molecular complexity index is 1100. The predicted molar refractivity (Wildman–Crippen MR) is 130 cm³/mol. The van der Waals surface area contributed by atoms with E-state index in [1.165, 1.54) is 24.5 Å². The van der Waals surface area contributed by atoms with Crippen molar-refractivity contribution in [1.29, 1.82) is 0 Å². The Morgan fingerprint density at radius 1 is 1.06 bits per heavy atom. The molecule has 1 amide bonds. The first-order valence-corrected chi connectivity index (χ1v) is 11.3. The maximum atomic E-state index is 12.7. The molecule has 0 aliphatic rings. The van der Waals surface area contributed by atoms with E-state index in [-0.39, 0.29) is 5.91 Å². The number of methoxy groups -OCH3 is 1. The van der Waals surface area contributed by atoms with E-state index in [0.717, 1.165) is 40.2 Å². The summed E-state index contributed by atoms with van der Waals surface area (Å²) in [6.45, 7) is 4.67. The highest BCUT2D eigenvalue weighted by atomic mass is 32.1. The summed E-state index contributed by atoms with van der Waals surface area (Å²) in [5.41, 5.74) is 2.86. The molecule has 166 valence electrons. The number of carbonyl (C=O) groups excluding carboxylic acids is 2. The molecule has 6 heteroatoms. The van der Waals surface area contributed by atoms with Gasteiger partial charge in [-0.3, -0.25) is 4.79 Å². The number of hydrogen-bond acceptors (Lipinski definition) is 5. The second kappa shape index (κ2) is 11.3. The van der Waals surface area contributed by atoms with Gasteiger partial charge in [0.2, 0.25) is 5.91 Å². The number of esters is 1. The van der Waals surface area contributed by atoms with Crippen molar-refractivity contribution in [3.05, 3.63) is 76.7 Å². The predicted octanol–water partition coefficient (Wildman–Crippen LogP) is 6.34. The summed E-state index contributed by atoms with van der Waals surface area (Å²) >= 11 is 1.35. The fourth-order valence-corrected chi connectivity index (χ4v) is 4.34. The first kappa shape index (κ1) is 23.3. The summed E-state index contributed by atoms with van der Waals surface area (Å²) < 4.78 is 10.8. The molecule has 0 aliphatic heterocycles. The van der Waals surface area contributed by atoms with Crippen LogP contribution in [-0.4, -0.2) is 25.6 Å². The molecule has 0 radical (unpaired) electrons. The van der Waals surface area contributed by atoms with Crippen LogP contribution in [0, 0.1) is 6.92 Å². The van der Waals surface area contributed by atoms with Crippen LogP contribution in [0.4, 0.5) is 5.00 Å². The maximum absolute atomic E-state index is 12.7. The quantitative estimate of drug-likeness (QED) is 0.235.